The van der Waals surface area contributed by atoms with Crippen LogP contribution in [0.4, 0.5) is 27.6 Å². The Morgan fingerprint density at radius 3 is 2.48 bits per heavy atom. The Balaban J connectivity index is 1.35. The number of benzene rings is 2. The van der Waals surface area contributed by atoms with E-state index in [1.165, 1.54) is 11.2 Å². The summed E-state index contributed by atoms with van der Waals surface area (Å²) in [4.78, 5) is 14.9. The number of carbonyl (C=O) groups is 1. The van der Waals surface area contributed by atoms with Crippen LogP contribution >= 0.6 is 0 Å². The van der Waals surface area contributed by atoms with E-state index in [0.717, 1.165) is 25.3 Å². The molecule has 3 aliphatic rings. The Morgan fingerprint density at radius 1 is 1.12 bits per heavy atom. The van der Waals surface area contributed by atoms with E-state index in [1.54, 1.807) is 41.9 Å². The molecule has 1 aliphatic heterocycles. The van der Waals surface area contributed by atoms with Gasteiger partial charge in [-0.15, -0.1) is 10.2 Å². The van der Waals surface area contributed by atoms with Gasteiger partial charge in [0, 0.05) is 43.2 Å². The second-order valence-electron chi connectivity index (χ2n) is 11.9. The Kier molecular flexibility index (Phi) is 6.10. The number of halogens is 5. The van der Waals surface area contributed by atoms with Crippen molar-refractivity contribution in [1.29, 1.82) is 0 Å². The largest absolute Gasteiger partial charge is 0.416 e. The lowest BCUT2D eigenvalue weighted by Crippen LogP contribution is -2.55. The number of amides is 1. The molecule has 0 saturated heterocycles. The van der Waals surface area contributed by atoms with Crippen LogP contribution in [0.1, 0.15) is 77.5 Å². The molecule has 0 bridgehead atoms. The molecule has 0 atom stereocenters. The maximum absolute atomic E-state index is 14.9. The fourth-order valence-electron chi connectivity index (χ4n) is 6.53. The Bertz CT molecular complexity index is 1470. The van der Waals surface area contributed by atoms with E-state index in [-0.39, 0.29) is 42.6 Å². The van der Waals surface area contributed by atoms with Crippen LogP contribution < -0.4 is 10.2 Å². The number of hydrogen-bond acceptors (Lipinski definition) is 4. The van der Waals surface area contributed by atoms with Crippen LogP contribution in [0.5, 0.6) is 0 Å². The van der Waals surface area contributed by atoms with Crippen LogP contribution in [0, 0.1) is 0 Å². The number of rotatable bonds is 7. The molecule has 1 N–H and O–H groups in total. The van der Waals surface area contributed by atoms with E-state index < -0.39 is 35.4 Å². The third-order valence-electron chi connectivity index (χ3n) is 8.91. The molecule has 11 heteroatoms. The van der Waals surface area contributed by atoms with Crippen molar-refractivity contribution in [2.24, 2.45) is 7.05 Å². The number of nitrogens with one attached hydrogen (secondary N) is 1. The smallest absolute Gasteiger partial charge is 0.320 e. The van der Waals surface area contributed by atoms with E-state index in [2.05, 4.69) is 15.5 Å². The van der Waals surface area contributed by atoms with Crippen LogP contribution in [0.15, 0.2) is 42.7 Å². The van der Waals surface area contributed by atoms with Crippen LogP contribution in [-0.4, -0.2) is 38.6 Å². The highest BCUT2D eigenvalue weighted by Crippen LogP contribution is 2.56. The fraction of sp³-hybridized carbons (Fsp3) is 0.483. The summed E-state index contributed by atoms with van der Waals surface area (Å²) in [7, 11) is 1.71. The first-order valence-corrected chi connectivity index (χ1v) is 13.4. The standard InChI is InChI=1S/C29H30F5N5O/c1-26(7-4-8-26)35-12-18-9-21-22(23(10-18)29(32,33)34)13-39(24(21)40)20-6-3-5-19(11-20)28(14-27(31,15-28)16-30)25-37-36-17-38(25)2/h3,5-6,9-11,17,35H,4,7-8,12-16H2,1-2H3. The first-order valence-electron chi connectivity index (χ1n) is 13.4. The molecule has 2 aliphatic carbocycles. The second-order valence-corrected chi connectivity index (χ2v) is 11.9. The lowest BCUT2D eigenvalue weighted by Gasteiger charge is -2.50. The maximum Gasteiger partial charge on any atom is 0.416 e. The van der Waals surface area contributed by atoms with Gasteiger partial charge in [-0.2, -0.15) is 13.2 Å². The Labute approximate surface area is 228 Å². The third kappa shape index (κ3) is 4.29. The molecule has 212 valence electrons. The number of anilines is 1. The van der Waals surface area contributed by atoms with Crippen LogP contribution in [0.2, 0.25) is 0 Å². The van der Waals surface area contributed by atoms with Crippen molar-refractivity contribution in [1.82, 2.24) is 20.1 Å². The minimum absolute atomic E-state index is 0.0302. The summed E-state index contributed by atoms with van der Waals surface area (Å²) in [5.41, 5.74) is -2.55. The highest BCUT2D eigenvalue weighted by atomic mass is 19.4. The molecule has 1 amide bonds. The number of aromatic nitrogens is 3. The van der Waals surface area contributed by atoms with Gasteiger partial charge in [-0.1, -0.05) is 12.1 Å². The Hall–Kier alpha value is -3.34. The number of fused-ring (bicyclic) bond motifs is 1. The van der Waals surface area contributed by atoms with Crippen molar-refractivity contribution in [2.75, 3.05) is 11.6 Å². The normalized spacial score (nSPS) is 25.5. The summed E-state index contributed by atoms with van der Waals surface area (Å²) in [6, 6.07) is 9.42. The fourth-order valence-corrected chi connectivity index (χ4v) is 6.53. The zero-order chi connectivity index (χ0) is 28.5. The summed E-state index contributed by atoms with van der Waals surface area (Å²) in [5, 5.41) is 11.4. The van der Waals surface area contributed by atoms with Crippen molar-refractivity contribution in [3.8, 4) is 0 Å². The van der Waals surface area contributed by atoms with Crippen LogP contribution in [0.25, 0.3) is 0 Å². The molecule has 0 spiro atoms. The van der Waals surface area contributed by atoms with Crippen molar-refractivity contribution < 1.29 is 26.7 Å². The molecule has 2 saturated carbocycles. The topological polar surface area (TPSA) is 63.1 Å². The number of carbonyl (C=O) groups excluding carboxylic acids is 1. The van der Waals surface area contributed by atoms with Gasteiger partial charge in [0.25, 0.3) is 5.91 Å². The minimum atomic E-state index is -4.63. The number of alkyl halides is 5. The molecule has 2 heterocycles. The van der Waals surface area contributed by atoms with E-state index in [1.807, 2.05) is 6.92 Å². The molecule has 2 fully saturated rings. The van der Waals surface area contributed by atoms with Gasteiger partial charge in [0.2, 0.25) is 0 Å². The van der Waals surface area contributed by atoms with Crippen molar-refractivity contribution in [2.45, 2.75) is 74.9 Å². The van der Waals surface area contributed by atoms with E-state index >= 15 is 0 Å². The summed E-state index contributed by atoms with van der Waals surface area (Å²) in [5.74, 6) is -0.0710. The molecule has 0 unspecified atom stereocenters. The average molecular weight is 560 g/mol. The summed E-state index contributed by atoms with van der Waals surface area (Å²) in [6.45, 7) is 0.898. The highest BCUT2D eigenvalue weighted by molar-refractivity contribution is 6.10. The molecule has 3 aromatic rings. The monoisotopic (exact) mass is 559 g/mol. The average Bonchev–Trinajstić information content (AvgIpc) is 3.46. The zero-order valence-electron chi connectivity index (χ0n) is 22.3. The zero-order valence-corrected chi connectivity index (χ0v) is 22.3. The number of hydrogen-bond donors (Lipinski definition) is 1. The summed E-state index contributed by atoms with van der Waals surface area (Å²) in [6.07, 6.45) is -0.480. The number of aryl methyl sites for hydroxylation is 1. The van der Waals surface area contributed by atoms with Gasteiger partial charge in [0.1, 0.15) is 24.5 Å². The molecule has 2 aromatic carbocycles. The third-order valence-corrected chi connectivity index (χ3v) is 8.91. The first-order chi connectivity index (χ1) is 18.9. The SMILES string of the molecule is Cn1cnnc1C1(c2cccc(N3Cc4c(cc(CNC5(C)CCC5)cc4C(F)(F)F)C3=O)c2)CC(F)(CF)C1. The first kappa shape index (κ1) is 26.9. The molecule has 6 rings (SSSR count). The summed E-state index contributed by atoms with van der Waals surface area (Å²) >= 11 is 0. The lowest BCUT2D eigenvalue weighted by molar-refractivity contribution is -0.138. The predicted octanol–water partition coefficient (Wildman–Crippen LogP) is 5.78. The predicted molar refractivity (Wildman–Crippen MR) is 138 cm³/mol. The maximum atomic E-state index is 14.9. The van der Waals surface area contributed by atoms with Gasteiger partial charge in [0.05, 0.1) is 17.5 Å². The van der Waals surface area contributed by atoms with E-state index in [9.17, 15) is 26.7 Å². The van der Waals surface area contributed by atoms with Gasteiger partial charge >= 0.3 is 6.18 Å². The molecule has 0 radical (unpaired) electrons. The second kappa shape index (κ2) is 9.09. The van der Waals surface area contributed by atoms with Crippen molar-refractivity contribution in [3.63, 3.8) is 0 Å². The molecular formula is C29H30F5N5O. The highest BCUT2D eigenvalue weighted by Gasteiger charge is 2.59. The van der Waals surface area contributed by atoms with Gasteiger partial charge < -0.3 is 14.8 Å². The van der Waals surface area contributed by atoms with Gasteiger partial charge in [0.15, 0.2) is 0 Å². The molecule has 40 heavy (non-hydrogen) atoms. The van der Waals surface area contributed by atoms with Crippen LogP contribution in [-0.2, 0) is 31.7 Å². The van der Waals surface area contributed by atoms with E-state index in [4.69, 9.17) is 0 Å². The van der Waals surface area contributed by atoms with Gasteiger partial charge in [-0.3, -0.25) is 4.79 Å². The van der Waals surface area contributed by atoms with Crippen molar-refractivity contribution in [3.05, 3.63) is 76.4 Å². The van der Waals surface area contributed by atoms with Gasteiger partial charge in [-0.25, -0.2) is 8.78 Å². The van der Waals surface area contributed by atoms with Crippen LogP contribution in [0.3, 0.4) is 0 Å². The van der Waals surface area contributed by atoms with Gasteiger partial charge in [-0.05, 0) is 67.1 Å². The molecular weight excluding hydrogens is 529 g/mol. The lowest BCUT2D eigenvalue weighted by atomic mass is 9.56. The Morgan fingerprint density at radius 2 is 1.88 bits per heavy atom. The minimum Gasteiger partial charge on any atom is -0.320 e. The molecule has 1 aromatic heterocycles. The number of nitrogens with zero attached hydrogens (tertiary/aromatic N) is 4. The van der Waals surface area contributed by atoms with E-state index in [0.29, 0.717) is 22.6 Å². The molecule has 6 nitrogen and oxygen atoms in total. The quantitative estimate of drug-likeness (QED) is 0.373. The van der Waals surface area contributed by atoms with Crippen molar-refractivity contribution >= 4 is 11.6 Å². The summed E-state index contributed by atoms with van der Waals surface area (Å²) < 4.78 is 72.6.